The summed E-state index contributed by atoms with van der Waals surface area (Å²) in [5.41, 5.74) is 5.80. The Labute approximate surface area is 128 Å². The zero-order valence-electron chi connectivity index (χ0n) is 12.5. The first kappa shape index (κ1) is 16.5. The number of ether oxygens (including phenoxy) is 1. The van der Waals surface area contributed by atoms with Crippen LogP contribution in [0.2, 0.25) is 0 Å². The van der Waals surface area contributed by atoms with Crippen LogP contribution in [0.4, 0.5) is 0 Å². The van der Waals surface area contributed by atoms with Crippen LogP contribution in [0.25, 0.3) is 0 Å². The van der Waals surface area contributed by atoms with E-state index in [0.29, 0.717) is 13.0 Å². The average Bonchev–Trinajstić information content (AvgIpc) is 2.79. The van der Waals surface area contributed by atoms with Gasteiger partial charge >= 0.3 is 11.9 Å². The number of carboxylic acid groups (broad SMARTS) is 2. The predicted octanol–water partition coefficient (Wildman–Crippen LogP) is 1.24. The van der Waals surface area contributed by atoms with Crippen molar-refractivity contribution in [3.05, 3.63) is 35.4 Å². The lowest BCUT2D eigenvalue weighted by Crippen LogP contribution is -2.50. The largest absolute Gasteiger partial charge is 0.480 e. The maximum atomic E-state index is 11.9. The summed E-state index contributed by atoms with van der Waals surface area (Å²) in [5, 5.41) is 19.4. The van der Waals surface area contributed by atoms with E-state index in [0.717, 1.165) is 11.1 Å². The maximum absolute atomic E-state index is 11.9. The summed E-state index contributed by atoms with van der Waals surface area (Å²) in [6, 6.07) is 6.73. The van der Waals surface area contributed by atoms with Crippen molar-refractivity contribution in [3.63, 3.8) is 0 Å². The molecule has 6 nitrogen and oxygen atoms in total. The summed E-state index contributed by atoms with van der Waals surface area (Å²) in [6.07, 6.45) is 0.371. The molecule has 0 spiro atoms. The fraction of sp³-hybridized carbons (Fsp3) is 0.500. The Morgan fingerprint density at radius 1 is 1.32 bits per heavy atom. The summed E-state index contributed by atoms with van der Waals surface area (Å²) >= 11 is 0. The number of hydrogen-bond acceptors (Lipinski definition) is 4. The quantitative estimate of drug-likeness (QED) is 0.516. The lowest BCUT2D eigenvalue weighted by molar-refractivity contribution is -0.169. The highest BCUT2D eigenvalue weighted by atomic mass is 16.5. The number of aliphatic carboxylic acids is 2. The molecule has 4 N–H and O–H groups in total. The fourth-order valence-electron chi connectivity index (χ4n) is 3.36. The van der Waals surface area contributed by atoms with Crippen LogP contribution in [0.3, 0.4) is 0 Å². The summed E-state index contributed by atoms with van der Waals surface area (Å²) in [5.74, 6) is -3.49. The highest BCUT2D eigenvalue weighted by Crippen LogP contribution is 2.47. The van der Waals surface area contributed by atoms with Crippen molar-refractivity contribution >= 4 is 11.9 Å². The Bertz CT molecular complexity index is 557. The third-order valence-electron chi connectivity index (χ3n) is 4.41. The van der Waals surface area contributed by atoms with Crippen molar-refractivity contribution in [1.29, 1.82) is 0 Å². The number of carboxylic acids is 2. The first-order chi connectivity index (χ1) is 10.4. The molecule has 0 saturated heterocycles. The third-order valence-corrected chi connectivity index (χ3v) is 4.41. The Balaban J connectivity index is 2.48. The SMILES string of the molecule is CCOCCC(C(=O)O)(C(=O)O)[C@@H]1c2ccccc2C[C@H]1N. The average molecular weight is 307 g/mol. The number of carbonyl (C=O) groups is 2. The molecule has 22 heavy (non-hydrogen) atoms. The molecule has 0 heterocycles. The second-order valence-corrected chi connectivity index (χ2v) is 5.57. The van der Waals surface area contributed by atoms with Crippen LogP contribution in [0.5, 0.6) is 0 Å². The van der Waals surface area contributed by atoms with E-state index < -0.39 is 29.3 Å². The molecular formula is C16H21NO5. The molecule has 2 atom stereocenters. The molecule has 2 rings (SSSR count). The molecule has 0 unspecified atom stereocenters. The number of benzene rings is 1. The standard InChI is InChI=1S/C16H21NO5/c1-2-22-8-7-16(14(18)19,15(20)21)13-11-6-4-3-5-10(11)9-12(13)17/h3-6,12-13H,2,7-9,17H2,1H3,(H,18,19)(H,20,21)/t12-,13-/m1/s1. The smallest absolute Gasteiger partial charge is 0.321 e. The van der Waals surface area contributed by atoms with Gasteiger partial charge in [0, 0.05) is 25.2 Å². The van der Waals surface area contributed by atoms with Gasteiger partial charge in [0.2, 0.25) is 0 Å². The lowest BCUT2D eigenvalue weighted by Gasteiger charge is -2.34. The van der Waals surface area contributed by atoms with Crippen molar-refractivity contribution < 1.29 is 24.5 Å². The fourth-order valence-corrected chi connectivity index (χ4v) is 3.36. The molecule has 0 aromatic heterocycles. The topological polar surface area (TPSA) is 110 Å². The summed E-state index contributed by atoms with van der Waals surface area (Å²) in [4.78, 5) is 23.8. The normalized spacial score (nSPS) is 20.6. The maximum Gasteiger partial charge on any atom is 0.321 e. The van der Waals surface area contributed by atoms with Gasteiger partial charge in [-0.1, -0.05) is 24.3 Å². The van der Waals surface area contributed by atoms with E-state index >= 15 is 0 Å². The molecule has 1 aliphatic rings. The van der Waals surface area contributed by atoms with E-state index in [1.165, 1.54) is 0 Å². The molecule has 0 fully saturated rings. The van der Waals surface area contributed by atoms with Crippen LogP contribution in [0, 0.1) is 5.41 Å². The van der Waals surface area contributed by atoms with Gasteiger partial charge in [-0.05, 0) is 30.9 Å². The number of nitrogens with two attached hydrogens (primary N) is 1. The second kappa shape index (κ2) is 6.46. The molecule has 0 saturated carbocycles. The van der Waals surface area contributed by atoms with Gasteiger partial charge in [0.25, 0.3) is 0 Å². The number of fused-ring (bicyclic) bond motifs is 1. The van der Waals surface area contributed by atoms with Crippen LogP contribution < -0.4 is 5.73 Å². The summed E-state index contributed by atoms with van der Waals surface area (Å²) in [6.45, 7) is 2.25. The Morgan fingerprint density at radius 3 is 2.55 bits per heavy atom. The highest BCUT2D eigenvalue weighted by Gasteiger charge is 2.57. The van der Waals surface area contributed by atoms with Crippen LogP contribution >= 0.6 is 0 Å². The number of hydrogen-bond donors (Lipinski definition) is 3. The van der Waals surface area contributed by atoms with Crippen molar-refractivity contribution in [2.45, 2.75) is 31.7 Å². The molecule has 1 aromatic carbocycles. The lowest BCUT2D eigenvalue weighted by atomic mass is 9.69. The van der Waals surface area contributed by atoms with Crippen LogP contribution in [0.1, 0.15) is 30.4 Å². The third kappa shape index (κ3) is 2.60. The minimum absolute atomic E-state index is 0.0699. The minimum atomic E-state index is -1.97. The van der Waals surface area contributed by atoms with Crippen LogP contribution in [0.15, 0.2) is 24.3 Å². The van der Waals surface area contributed by atoms with E-state index in [1.807, 2.05) is 12.1 Å². The molecule has 0 radical (unpaired) electrons. The van der Waals surface area contributed by atoms with Gasteiger partial charge in [-0.25, -0.2) is 0 Å². The van der Waals surface area contributed by atoms with E-state index in [1.54, 1.807) is 19.1 Å². The molecule has 0 bridgehead atoms. The van der Waals surface area contributed by atoms with Gasteiger partial charge in [0.15, 0.2) is 5.41 Å². The molecule has 1 aliphatic carbocycles. The van der Waals surface area contributed by atoms with Crippen molar-refractivity contribution in [2.75, 3.05) is 13.2 Å². The minimum Gasteiger partial charge on any atom is -0.480 e. The summed E-state index contributed by atoms with van der Waals surface area (Å²) in [7, 11) is 0. The van der Waals surface area contributed by atoms with Crippen LogP contribution in [-0.4, -0.2) is 41.4 Å². The Morgan fingerprint density at radius 2 is 1.95 bits per heavy atom. The molecule has 6 heteroatoms. The molecule has 0 amide bonds. The van der Waals surface area contributed by atoms with Gasteiger partial charge in [0.05, 0.1) is 0 Å². The van der Waals surface area contributed by atoms with Crippen molar-refractivity contribution in [1.82, 2.24) is 0 Å². The molecule has 0 aliphatic heterocycles. The molecule has 120 valence electrons. The van der Waals surface area contributed by atoms with Gasteiger partial charge in [0.1, 0.15) is 0 Å². The monoisotopic (exact) mass is 307 g/mol. The predicted molar refractivity (Wildman–Crippen MR) is 79.7 cm³/mol. The van der Waals surface area contributed by atoms with Crippen molar-refractivity contribution in [2.24, 2.45) is 11.1 Å². The van der Waals surface area contributed by atoms with E-state index in [4.69, 9.17) is 10.5 Å². The zero-order valence-corrected chi connectivity index (χ0v) is 12.5. The van der Waals surface area contributed by atoms with Gasteiger partial charge in [-0.2, -0.15) is 0 Å². The zero-order chi connectivity index (χ0) is 16.3. The molecule has 1 aromatic rings. The van der Waals surface area contributed by atoms with Gasteiger partial charge in [-0.15, -0.1) is 0 Å². The second-order valence-electron chi connectivity index (χ2n) is 5.57. The van der Waals surface area contributed by atoms with E-state index in [9.17, 15) is 19.8 Å². The first-order valence-electron chi connectivity index (χ1n) is 7.33. The molecular weight excluding hydrogens is 286 g/mol. The Kier molecular flexibility index (Phi) is 4.83. The van der Waals surface area contributed by atoms with Gasteiger partial charge < -0.3 is 20.7 Å². The van der Waals surface area contributed by atoms with Crippen LogP contribution in [-0.2, 0) is 20.7 Å². The highest BCUT2D eigenvalue weighted by molar-refractivity contribution is 6.00. The van der Waals surface area contributed by atoms with Crippen molar-refractivity contribution in [3.8, 4) is 0 Å². The summed E-state index contributed by atoms with van der Waals surface area (Å²) < 4.78 is 5.20. The Hall–Kier alpha value is -1.92. The first-order valence-corrected chi connectivity index (χ1v) is 7.33. The number of rotatable bonds is 7. The van der Waals surface area contributed by atoms with E-state index in [2.05, 4.69) is 0 Å². The van der Waals surface area contributed by atoms with Gasteiger partial charge in [-0.3, -0.25) is 9.59 Å². The van der Waals surface area contributed by atoms with E-state index in [-0.39, 0.29) is 13.0 Å².